The number of phenolic OH excluding ortho intramolecular Hbond substituents is 2. The average Bonchev–Trinajstić information content (AvgIpc) is 3.99. The molecule has 1 aliphatic rings. The first-order valence-electron chi connectivity index (χ1n) is 21.2. The Morgan fingerprint density at radius 1 is 0.721 bits per heavy atom. The lowest BCUT2D eigenvalue weighted by Gasteiger charge is -2.21. The first-order valence-corrected chi connectivity index (χ1v) is 23.1. The number of nitrogens with zero attached hydrogens (tertiary/aromatic N) is 4. The monoisotopic (exact) mass is 966 g/mol. The molecule has 0 spiro atoms. The summed E-state index contributed by atoms with van der Waals surface area (Å²) in [6, 6.07) is 33.6. The number of benzene rings is 5. The van der Waals surface area contributed by atoms with Gasteiger partial charge in [-0.05, 0) is 85.8 Å². The highest BCUT2D eigenvalue weighted by Gasteiger charge is 2.29. The molecule has 4 N–H and O–H groups in total. The minimum atomic E-state index is -1.08. The van der Waals surface area contributed by atoms with E-state index in [-0.39, 0.29) is 52.7 Å². The minimum Gasteiger partial charge on any atom is -0.505 e. The van der Waals surface area contributed by atoms with E-state index in [2.05, 4.69) is 25.7 Å². The van der Waals surface area contributed by atoms with Gasteiger partial charge in [0.2, 0.25) is 0 Å². The molecule has 9 aromatic rings. The van der Waals surface area contributed by atoms with Crippen molar-refractivity contribution < 1.29 is 33.7 Å². The maximum atomic E-state index is 13.5. The van der Waals surface area contributed by atoms with E-state index < -0.39 is 18.0 Å². The maximum absolute atomic E-state index is 13.5. The van der Waals surface area contributed by atoms with Crippen LogP contribution in [0.15, 0.2) is 149 Å². The van der Waals surface area contributed by atoms with Gasteiger partial charge in [-0.15, -0.1) is 11.8 Å². The van der Waals surface area contributed by atoms with Gasteiger partial charge < -0.3 is 34.7 Å². The lowest BCUT2D eigenvalue weighted by molar-refractivity contribution is -0.124. The fourth-order valence-corrected chi connectivity index (χ4v) is 9.23. The normalized spacial score (nSPS) is 12.8. The van der Waals surface area contributed by atoms with Crippen LogP contribution in [0, 0.1) is 6.92 Å². The number of halogens is 2. The van der Waals surface area contributed by atoms with Gasteiger partial charge in [0.25, 0.3) is 11.8 Å². The fourth-order valence-electron chi connectivity index (χ4n) is 7.77. The maximum Gasteiger partial charge on any atom is 0.258 e. The van der Waals surface area contributed by atoms with Gasteiger partial charge in [0.15, 0.2) is 18.6 Å². The molecule has 342 valence electrons. The van der Waals surface area contributed by atoms with Crippen molar-refractivity contribution in [2.75, 3.05) is 13.2 Å². The summed E-state index contributed by atoms with van der Waals surface area (Å²) in [4.78, 5) is 47.8. The highest BCUT2D eigenvalue weighted by Crippen LogP contribution is 2.40. The predicted octanol–water partition coefficient (Wildman–Crippen LogP) is 9.57. The van der Waals surface area contributed by atoms with E-state index in [1.54, 1.807) is 96.8 Å². The van der Waals surface area contributed by atoms with Crippen LogP contribution >= 0.6 is 35.0 Å². The molecule has 0 saturated heterocycles. The summed E-state index contributed by atoms with van der Waals surface area (Å²) < 4.78 is 18.8. The quantitative estimate of drug-likeness (QED) is 0.0909. The summed E-state index contributed by atoms with van der Waals surface area (Å²) in [5.41, 5.74) is 4.02. The largest absolute Gasteiger partial charge is 0.505 e. The molecule has 0 saturated carbocycles. The summed E-state index contributed by atoms with van der Waals surface area (Å²) in [7, 11) is 0. The van der Waals surface area contributed by atoms with Crippen molar-refractivity contribution in [3.63, 3.8) is 0 Å². The number of hydrogen-bond donors (Lipinski definition) is 4. The molecule has 0 aliphatic carbocycles. The zero-order chi connectivity index (χ0) is 47.3. The lowest BCUT2D eigenvalue weighted by atomic mass is 9.96. The van der Waals surface area contributed by atoms with Crippen molar-refractivity contribution >= 4 is 79.6 Å². The van der Waals surface area contributed by atoms with E-state index in [0.29, 0.717) is 60.1 Å². The van der Waals surface area contributed by atoms with E-state index in [1.807, 2.05) is 48.0 Å². The number of aromatic hydroxyl groups is 2. The third kappa shape index (κ3) is 9.76. The van der Waals surface area contributed by atoms with E-state index in [0.717, 1.165) is 22.9 Å². The number of hydrogen-bond acceptors (Lipinski definition) is 12. The van der Waals surface area contributed by atoms with Gasteiger partial charge in [0.05, 0.1) is 38.6 Å². The number of para-hydroxylation sites is 2. The van der Waals surface area contributed by atoms with Crippen LogP contribution in [0.1, 0.15) is 45.7 Å². The number of pyridine rings is 2. The molecule has 4 aromatic heterocycles. The molecule has 5 heterocycles. The van der Waals surface area contributed by atoms with Crippen molar-refractivity contribution in [1.82, 2.24) is 30.4 Å². The van der Waals surface area contributed by atoms with Gasteiger partial charge in [-0.25, -0.2) is 0 Å². The van der Waals surface area contributed by atoms with E-state index in [1.165, 1.54) is 18.5 Å². The van der Waals surface area contributed by atoms with Gasteiger partial charge in [-0.1, -0.05) is 71.2 Å². The topological polar surface area (TPSA) is 191 Å². The SMILES string of the molecule is Cc1ccc2occ(C(NC(=O)COc3ccccc3)c3cc(Cl)c4cccnc4c3O)c(=O)c2c1.O=C(COc1ccccc1)NC(c1cc2n(n1)CSC2)c1cc(Cl)c2cccnc2c1O. The number of rotatable bonds is 12. The number of ether oxygens (including phenoxy) is 2. The van der Waals surface area contributed by atoms with Crippen LogP contribution in [-0.4, -0.2) is 55.0 Å². The van der Waals surface area contributed by atoms with E-state index in [4.69, 9.17) is 37.1 Å². The molecular weight excluding hydrogens is 928 g/mol. The predicted molar refractivity (Wildman–Crippen MR) is 261 cm³/mol. The third-order valence-corrected chi connectivity index (χ3v) is 12.6. The van der Waals surface area contributed by atoms with Crippen LogP contribution in [0.2, 0.25) is 10.0 Å². The summed E-state index contributed by atoms with van der Waals surface area (Å²) in [5.74, 6) is 1.61. The van der Waals surface area contributed by atoms with Crippen LogP contribution in [-0.2, 0) is 21.2 Å². The Balaban J connectivity index is 0.000000171. The highest BCUT2D eigenvalue weighted by atomic mass is 35.5. The minimum absolute atomic E-state index is 0.0400. The number of aryl methyl sites for hydroxylation is 1. The van der Waals surface area contributed by atoms with Gasteiger partial charge >= 0.3 is 0 Å². The molecular formula is C51H40Cl2N6O8S. The molecule has 0 radical (unpaired) electrons. The molecule has 0 bridgehead atoms. The number of thioether (sulfide) groups is 1. The second kappa shape index (κ2) is 20.1. The highest BCUT2D eigenvalue weighted by molar-refractivity contribution is 7.97. The second-order valence-corrected chi connectivity index (χ2v) is 17.4. The van der Waals surface area contributed by atoms with Gasteiger partial charge in [-0.3, -0.25) is 29.0 Å². The number of nitrogens with one attached hydrogen (secondary N) is 2. The first-order chi connectivity index (χ1) is 33.0. The van der Waals surface area contributed by atoms with Crippen molar-refractivity contribution in [1.29, 1.82) is 0 Å². The number of phenols is 2. The Morgan fingerprint density at radius 2 is 1.28 bits per heavy atom. The summed E-state index contributed by atoms with van der Waals surface area (Å²) in [6.07, 6.45) is 4.40. The molecule has 2 unspecified atom stereocenters. The zero-order valence-electron chi connectivity index (χ0n) is 36.1. The van der Waals surface area contributed by atoms with Crippen molar-refractivity contribution in [3.05, 3.63) is 194 Å². The number of carbonyl (C=O) groups is 2. The summed E-state index contributed by atoms with van der Waals surface area (Å²) >= 11 is 14.8. The van der Waals surface area contributed by atoms with Crippen LogP contribution in [0.4, 0.5) is 0 Å². The van der Waals surface area contributed by atoms with Crippen LogP contribution in [0.3, 0.4) is 0 Å². The number of amides is 2. The Hall–Kier alpha value is -7.59. The first kappa shape index (κ1) is 45.6. The Labute approximate surface area is 402 Å². The summed E-state index contributed by atoms with van der Waals surface area (Å²) in [5, 5.41) is 34.9. The number of carbonyl (C=O) groups excluding carboxylic acids is 2. The molecule has 2 amide bonds. The van der Waals surface area contributed by atoms with Crippen LogP contribution in [0.5, 0.6) is 23.0 Å². The molecule has 5 aromatic carbocycles. The molecule has 1 aliphatic heterocycles. The van der Waals surface area contributed by atoms with Crippen molar-refractivity contribution in [2.24, 2.45) is 0 Å². The Morgan fingerprint density at radius 3 is 1.85 bits per heavy atom. The van der Waals surface area contributed by atoms with E-state index in [9.17, 15) is 24.6 Å². The molecule has 14 nitrogen and oxygen atoms in total. The molecule has 2 atom stereocenters. The van der Waals surface area contributed by atoms with Crippen molar-refractivity contribution in [2.45, 2.75) is 30.6 Å². The van der Waals surface area contributed by atoms with Gasteiger partial charge in [-0.2, -0.15) is 5.10 Å². The molecule has 10 rings (SSSR count). The zero-order valence-corrected chi connectivity index (χ0v) is 38.4. The second-order valence-electron chi connectivity index (χ2n) is 15.7. The fraction of sp³-hybridized carbons (Fsp3) is 0.137. The summed E-state index contributed by atoms with van der Waals surface area (Å²) in [6.45, 7) is 1.38. The Kier molecular flexibility index (Phi) is 13.5. The number of aromatic nitrogens is 4. The standard InChI is InChI=1S/C28H21ClN2O5.C23H19ClN4O3S/c1-16-9-10-23-19(12-16)27(33)21(14-36-23)25(31-24(32)15-35-17-6-3-2-4-7-17)20-13-22(29)18-8-5-11-30-26(18)28(20)34;24-18-10-17(23(30)22-16(18)7-4-8-25-22)21(19-9-14-12-32-13-28(14)27-19)26-20(29)11-31-15-5-2-1-3-6-15/h2-14,25,34H,15H2,1H3,(H,31,32);1-10,21,30H,11-13H2,(H,26,29). The van der Waals surface area contributed by atoms with Crippen molar-refractivity contribution in [3.8, 4) is 23.0 Å². The third-order valence-electron chi connectivity index (χ3n) is 11.1. The van der Waals surface area contributed by atoms with E-state index >= 15 is 0 Å². The lowest BCUT2D eigenvalue weighted by Crippen LogP contribution is -2.35. The Bertz CT molecular complexity index is 3370. The number of fused-ring (bicyclic) bond motifs is 4. The average molecular weight is 968 g/mol. The molecule has 17 heteroatoms. The molecule has 68 heavy (non-hydrogen) atoms. The van der Waals surface area contributed by atoms with Crippen LogP contribution < -0.4 is 25.5 Å². The molecule has 0 fully saturated rings. The van der Waals surface area contributed by atoms with Gasteiger partial charge in [0.1, 0.15) is 51.9 Å². The smallest absolute Gasteiger partial charge is 0.258 e. The van der Waals surface area contributed by atoms with Gasteiger partial charge in [0, 0.05) is 45.7 Å². The van der Waals surface area contributed by atoms with Crippen LogP contribution in [0.25, 0.3) is 32.8 Å².